The number of carbonyl (C=O) groups is 2. The molecule has 0 saturated carbocycles. The van der Waals surface area contributed by atoms with Gasteiger partial charge in [0.05, 0.1) is 36.0 Å². The number of ether oxygens (including phenoxy) is 2. The van der Waals surface area contributed by atoms with E-state index in [0.29, 0.717) is 18.8 Å². The number of hydrogen-bond acceptors (Lipinski definition) is 5. The SMILES string of the molecule is CCCC.N#Cc1ccc(-c2ccc(OCCCCCCOc3cc(C(=O)O)cc(C(=O)O)c3)cc2)cc1. The number of carboxylic acids is 2. The summed E-state index contributed by atoms with van der Waals surface area (Å²) in [6.07, 6.45) is 6.14. The molecule has 0 aliphatic carbocycles. The molecule has 0 spiro atoms. The Bertz CT molecular complexity index is 1160. The molecule has 3 rings (SSSR count). The second-order valence-corrected chi connectivity index (χ2v) is 8.68. The number of rotatable bonds is 13. The maximum Gasteiger partial charge on any atom is 0.335 e. The molecule has 0 unspecified atom stereocenters. The van der Waals surface area contributed by atoms with E-state index in [1.54, 1.807) is 12.1 Å². The summed E-state index contributed by atoms with van der Waals surface area (Å²) in [4.78, 5) is 22.3. The van der Waals surface area contributed by atoms with Gasteiger partial charge in [0, 0.05) is 0 Å². The lowest BCUT2D eigenvalue weighted by atomic mass is 10.0. The fourth-order valence-electron chi connectivity index (χ4n) is 3.35. The van der Waals surface area contributed by atoms with E-state index in [2.05, 4.69) is 19.9 Å². The van der Waals surface area contributed by atoms with Crippen LogP contribution in [-0.4, -0.2) is 35.4 Å². The first-order valence-corrected chi connectivity index (χ1v) is 12.9. The first kappa shape index (κ1) is 29.9. The molecule has 0 aliphatic heterocycles. The lowest BCUT2D eigenvalue weighted by Gasteiger charge is -2.09. The van der Waals surface area contributed by atoms with Crippen LogP contribution in [0.3, 0.4) is 0 Å². The van der Waals surface area contributed by atoms with Crippen LogP contribution >= 0.6 is 0 Å². The lowest BCUT2D eigenvalue weighted by molar-refractivity contribution is 0.0696. The summed E-state index contributed by atoms with van der Waals surface area (Å²) < 4.78 is 11.3. The Labute approximate surface area is 224 Å². The molecule has 7 nitrogen and oxygen atoms in total. The molecule has 0 aliphatic rings. The number of hydrogen-bond donors (Lipinski definition) is 2. The largest absolute Gasteiger partial charge is 0.494 e. The predicted molar refractivity (Wildman–Crippen MR) is 147 cm³/mol. The first-order valence-electron chi connectivity index (χ1n) is 12.9. The summed E-state index contributed by atoms with van der Waals surface area (Å²) in [7, 11) is 0. The average molecular weight is 518 g/mol. The summed E-state index contributed by atoms with van der Waals surface area (Å²) >= 11 is 0. The van der Waals surface area contributed by atoms with Crippen LogP contribution in [-0.2, 0) is 0 Å². The number of benzene rings is 3. The Morgan fingerprint density at radius 1 is 0.684 bits per heavy atom. The van der Waals surface area contributed by atoms with E-state index in [0.717, 1.165) is 48.6 Å². The van der Waals surface area contributed by atoms with Crippen molar-refractivity contribution >= 4 is 11.9 Å². The molecule has 0 radical (unpaired) electrons. The van der Waals surface area contributed by atoms with E-state index < -0.39 is 11.9 Å². The average Bonchev–Trinajstić information content (AvgIpc) is 2.94. The Morgan fingerprint density at radius 3 is 1.55 bits per heavy atom. The smallest absolute Gasteiger partial charge is 0.335 e. The van der Waals surface area contributed by atoms with Gasteiger partial charge in [-0.05, 0) is 79.3 Å². The Morgan fingerprint density at radius 2 is 1.13 bits per heavy atom. The van der Waals surface area contributed by atoms with Crippen LogP contribution < -0.4 is 9.47 Å². The van der Waals surface area contributed by atoms with Crippen LogP contribution in [0.1, 0.15) is 78.7 Å². The quantitative estimate of drug-likeness (QED) is 0.226. The van der Waals surface area contributed by atoms with Crippen LogP contribution in [0, 0.1) is 11.3 Å². The van der Waals surface area contributed by atoms with Crippen molar-refractivity contribution < 1.29 is 29.3 Å². The molecule has 7 heteroatoms. The predicted octanol–water partition coefficient (Wildman–Crippen LogP) is 7.45. The standard InChI is InChI=1S/C27H25NO6.C4H10/c28-18-19-5-7-20(8-6-19)21-9-11-24(12-10-21)33-13-3-1-2-4-14-34-25-16-22(26(29)30)15-23(17-25)27(31)32;1-3-4-2/h5-12,15-17H,1-4,13-14H2,(H,29,30)(H,31,32);3-4H2,1-2H3. The minimum absolute atomic E-state index is 0.114. The van der Waals surface area contributed by atoms with Crippen molar-refractivity contribution in [2.75, 3.05) is 13.2 Å². The minimum atomic E-state index is -1.20. The monoisotopic (exact) mass is 517 g/mol. The van der Waals surface area contributed by atoms with Gasteiger partial charge in [-0.2, -0.15) is 5.26 Å². The zero-order valence-corrected chi connectivity index (χ0v) is 22.0. The molecule has 3 aromatic carbocycles. The van der Waals surface area contributed by atoms with Gasteiger partial charge in [0.1, 0.15) is 11.5 Å². The highest BCUT2D eigenvalue weighted by molar-refractivity contribution is 5.94. The number of nitrogens with zero attached hydrogens (tertiary/aromatic N) is 1. The van der Waals surface area contributed by atoms with Gasteiger partial charge in [-0.25, -0.2) is 9.59 Å². The van der Waals surface area contributed by atoms with Crippen LogP contribution in [0.4, 0.5) is 0 Å². The number of nitriles is 1. The van der Waals surface area contributed by atoms with Gasteiger partial charge in [0.2, 0.25) is 0 Å². The van der Waals surface area contributed by atoms with Gasteiger partial charge in [-0.1, -0.05) is 51.0 Å². The molecule has 200 valence electrons. The second-order valence-electron chi connectivity index (χ2n) is 8.68. The molecule has 0 bridgehead atoms. The number of aromatic carboxylic acids is 2. The van der Waals surface area contributed by atoms with Crippen molar-refractivity contribution in [2.24, 2.45) is 0 Å². The van der Waals surface area contributed by atoms with Crippen molar-refractivity contribution in [3.05, 3.63) is 83.4 Å². The van der Waals surface area contributed by atoms with Crippen LogP contribution in [0.15, 0.2) is 66.7 Å². The second kappa shape index (κ2) is 16.4. The highest BCUT2D eigenvalue weighted by Gasteiger charge is 2.12. The molecule has 2 N–H and O–H groups in total. The molecule has 3 aromatic rings. The van der Waals surface area contributed by atoms with E-state index in [9.17, 15) is 9.59 Å². The van der Waals surface area contributed by atoms with Gasteiger partial charge in [0.25, 0.3) is 0 Å². The molecule has 0 saturated heterocycles. The van der Waals surface area contributed by atoms with Gasteiger partial charge in [0.15, 0.2) is 0 Å². The van der Waals surface area contributed by atoms with Crippen molar-refractivity contribution in [2.45, 2.75) is 52.4 Å². The van der Waals surface area contributed by atoms with E-state index in [-0.39, 0.29) is 16.9 Å². The third-order valence-electron chi connectivity index (χ3n) is 5.68. The highest BCUT2D eigenvalue weighted by atomic mass is 16.5. The van der Waals surface area contributed by atoms with E-state index >= 15 is 0 Å². The van der Waals surface area contributed by atoms with Crippen LogP contribution in [0.25, 0.3) is 11.1 Å². The van der Waals surface area contributed by atoms with Gasteiger partial charge < -0.3 is 19.7 Å². The molecule has 0 heterocycles. The molecule has 0 atom stereocenters. The molecule has 0 aromatic heterocycles. The van der Waals surface area contributed by atoms with E-state index in [1.165, 1.54) is 25.0 Å². The maximum absolute atomic E-state index is 11.1. The molecular weight excluding hydrogens is 482 g/mol. The summed E-state index contributed by atoms with van der Waals surface area (Å²) in [6, 6.07) is 21.2. The molecule has 0 fully saturated rings. The zero-order valence-electron chi connectivity index (χ0n) is 22.0. The first-order chi connectivity index (χ1) is 18.4. The van der Waals surface area contributed by atoms with Gasteiger partial charge in [-0.3, -0.25) is 0 Å². The molecule has 38 heavy (non-hydrogen) atoms. The highest BCUT2D eigenvalue weighted by Crippen LogP contribution is 2.23. The number of carboxylic acid groups (broad SMARTS) is 2. The molecule has 0 amide bonds. The Kier molecular flexibility index (Phi) is 12.9. The Hall–Kier alpha value is -4.31. The number of unbranched alkanes of at least 4 members (excludes halogenated alkanes) is 4. The summed E-state index contributed by atoms with van der Waals surface area (Å²) in [5, 5.41) is 27.1. The molecular formula is C31H35NO6. The van der Waals surface area contributed by atoms with Crippen LogP contribution in [0.5, 0.6) is 11.5 Å². The summed E-state index contributed by atoms with van der Waals surface area (Å²) in [6.45, 7) is 5.33. The fourth-order valence-corrected chi connectivity index (χ4v) is 3.35. The summed E-state index contributed by atoms with van der Waals surface area (Å²) in [5.41, 5.74) is 2.51. The van der Waals surface area contributed by atoms with Crippen molar-refractivity contribution in [1.82, 2.24) is 0 Å². The van der Waals surface area contributed by atoms with Crippen molar-refractivity contribution in [3.63, 3.8) is 0 Å². The van der Waals surface area contributed by atoms with Crippen molar-refractivity contribution in [1.29, 1.82) is 5.26 Å². The topological polar surface area (TPSA) is 117 Å². The van der Waals surface area contributed by atoms with Gasteiger partial charge in [-0.15, -0.1) is 0 Å². The summed E-state index contributed by atoms with van der Waals surface area (Å²) in [5.74, 6) is -1.35. The maximum atomic E-state index is 11.1. The fraction of sp³-hybridized carbons (Fsp3) is 0.323. The van der Waals surface area contributed by atoms with Gasteiger partial charge >= 0.3 is 11.9 Å². The third kappa shape index (κ3) is 10.4. The Balaban J connectivity index is 0.00000118. The normalized spacial score (nSPS) is 10.0. The minimum Gasteiger partial charge on any atom is -0.494 e. The van der Waals surface area contributed by atoms with Crippen LogP contribution in [0.2, 0.25) is 0 Å². The van der Waals surface area contributed by atoms with E-state index in [1.807, 2.05) is 36.4 Å². The lowest BCUT2D eigenvalue weighted by Crippen LogP contribution is -2.05. The third-order valence-corrected chi connectivity index (χ3v) is 5.68. The zero-order chi connectivity index (χ0) is 27.8. The van der Waals surface area contributed by atoms with Crippen molar-refractivity contribution in [3.8, 4) is 28.7 Å². The van der Waals surface area contributed by atoms with E-state index in [4.69, 9.17) is 24.9 Å².